The highest BCUT2D eigenvalue weighted by atomic mass is 16.1. The maximum atomic E-state index is 11.9. The topological polar surface area (TPSA) is 41.1 Å². The molecule has 17 heavy (non-hydrogen) atoms. The molecule has 0 bridgehead atoms. The van der Waals surface area contributed by atoms with E-state index in [-0.39, 0.29) is 5.91 Å². The average Bonchev–Trinajstić information content (AvgIpc) is 2.34. The minimum absolute atomic E-state index is 0.0213. The van der Waals surface area contributed by atoms with Crippen LogP contribution in [0.1, 0.15) is 36.7 Å². The van der Waals surface area contributed by atoms with Crippen molar-refractivity contribution in [1.29, 1.82) is 0 Å². The number of nitrogens with one attached hydrogen (secondary N) is 2. The Morgan fingerprint density at radius 3 is 2.59 bits per heavy atom. The summed E-state index contributed by atoms with van der Waals surface area (Å²) in [6.07, 6.45) is 0.883. The number of carbonyl (C=O) groups excluding carboxylic acids is 1. The summed E-state index contributed by atoms with van der Waals surface area (Å²) in [4.78, 5) is 11.9. The van der Waals surface area contributed by atoms with Crippen molar-refractivity contribution >= 4 is 5.91 Å². The van der Waals surface area contributed by atoms with Crippen molar-refractivity contribution in [3.63, 3.8) is 0 Å². The van der Waals surface area contributed by atoms with Gasteiger partial charge < -0.3 is 10.6 Å². The second kappa shape index (κ2) is 7.07. The van der Waals surface area contributed by atoms with Crippen LogP contribution in [0.5, 0.6) is 0 Å². The van der Waals surface area contributed by atoms with Crippen molar-refractivity contribution in [2.75, 3.05) is 13.1 Å². The van der Waals surface area contributed by atoms with Crippen LogP contribution >= 0.6 is 0 Å². The van der Waals surface area contributed by atoms with Gasteiger partial charge in [0.05, 0.1) is 0 Å². The van der Waals surface area contributed by atoms with Gasteiger partial charge in [0, 0.05) is 24.7 Å². The minimum atomic E-state index is 0.0213. The van der Waals surface area contributed by atoms with Gasteiger partial charge in [-0.2, -0.15) is 0 Å². The molecule has 1 amide bonds. The minimum Gasteiger partial charge on any atom is -0.351 e. The molecule has 0 heterocycles. The molecule has 94 valence electrons. The van der Waals surface area contributed by atoms with Gasteiger partial charge in [-0.15, -0.1) is 0 Å². The Morgan fingerprint density at radius 1 is 1.24 bits per heavy atom. The molecule has 0 aromatic heterocycles. The first-order chi connectivity index (χ1) is 8.15. The second-order valence-corrected chi connectivity index (χ2v) is 4.38. The van der Waals surface area contributed by atoms with Gasteiger partial charge in [-0.05, 0) is 18.1 Å². The number of amides is 1. The second-order valence-electron chi connectivity index (χ2n) is 4.38. The molecule has 2 N–H and O–H groups in total. The summed E-state index contributed by atoms with van der Waals surface area (Å²) < 4.78 is 0. The number of rotatable bonds is 6. The molecule has 0 spiro atoms. The molecule has 0 saturated heterocycles. The molecule has 0 unspecified atom stereocenters. The quantitative estimate of drug-likeness (QED) is 0.739. The average molecular weight is 234 g/mol. The number of hydrogen-bond donors (Lipinski definition) is 2. The van der Waals surface area contributed by atoms with Crippen LogP contribution in [0.15, 0.2) is 24.3 Å². The lowest BCUT2D eigenvalue weighted by Gasteiger charge is -2.10. The molecule has 0 radical (unpaired) electrons. The van der Waals surface area contributed by atoms with Crippen LogP contribution in [-0.2, 0) is 6.42 Å². The summed E-state index contributed by atoms with van der Waals surface area (Å²) in [6.45, 7) is 7.71. The van der Waals surface area contributed by atoms with E-state index < -0.39 is 0 Å². The van der Waals surface area contributed by atoms with Crippen LogP contribution in [-0.4, -0.2) is 25.0 Å². The predicted octanol–water partition coefficient (Wildman–Crippen LogP) is 1.98. The highest BCUT2D eigenvalue weighted by Gasteiger charge is 2.08. The van der Waals surface area contributed by atoms with Gasteiger partial charge >= 0.3 is 0 Å². The Bertz CT molecular complexity index is 361. The maximum absolute atomic E-state index is 11.9. The number of aryl methyl sites for hydroxylation is 1. The van der Waals surface area contributed by atoms with Crippen LogP contribution in [0, 0.1) is 0 Å². The first-order valence-electron chi connectivity index (χ1n) is 6.24. The number of benzene rings is 1. The van der Waals surface area contributed by atoms with E-state index in [2.05, 4.69) is 31.4 Å². The lowest BCUT2D eigenvalue weighted by Crippen LogP contribution is -2.34. The van der Waals surface area contributed by atoms with E-state index in [1.54, 1.807) is 0 Å². The standard InChI is InChI=1S/C14H22N2O/c1-4-12-7-5-6-8-13(12)14(17)16-10-9-15-11(2)3/h5-8,11,15H,4,9-10H2,1-3H3,(H,16,17). The van der Waals surface area contributed by atoms with Gasteiger partial charge in [0.15, 0.2) is 0 Å². The Kier molecular flexibility index (Phi) is 5.70. The molecule has 1 aromatic rings. The van der Waals surface area contributed by atoms with Crippen LogP contribution < -0.4 is 10.6 Å². The Hall–Kier alpha value is -1.35. The highest BCUT2D eigenvalue weighted by Crippen LogP contribution is 2.08. The van der Waals surface area contributed by atoms with E-state index in [1.807, 2.05) is 24.3 Å². The van der Waals surface area contributed by atoms with Gasteiger partial charge in [-0.3, -0.25) is 4.79 Å². The van der Waals surface area contributed by atoms with Gasteiger partial charge in [-0.25, -0.2) is 0 Å². The molecule has 1 aromatic carbocycles. The van der Waals surface area contributed by atoms with Crippen molar-refractivity contribution in [3.05, 3.63) is 35.4 Å². The van der Waals surface area contributed by atoms with E-state index >= 15 is 0 Å². The van der Waals surface area contributed by atoms with Crippen molar-refractivity contribution in [3.8, 4) is 0 Å². The third-order valence-electron chi connectivity index (χ3n) is 2.61. The largest absolute Gasteiger partial charge is 0.351 e. The Labute approximate surface area is 104 Å². The summed E-state index contributed by atoms with van der Waals surface area (Å²) in [5.41, 5.74) is 1.89. The first kappa shape index (κ1) is 13.7. The molecule has 0 fully saturated rings. The molecule has 0 atom stereocenters. The van der Waals surface area contributed by atoms with E-state index in [1.165, 1.54) is 0 Å². The smallest absolute Gasteiger partial charge is 0.251 e. The molecule has 3 nitrogen and oxygen atoms in total. The summed E-state index contributed by atoms with van der Waals surface area (Å²) in [5, 5.41) is 6.19. The van der Waals surface area contributed by atoms with E-state index in [4.69, 9.17) is 0 Å². The lowest BCUT2D eigenvalue weighted by molar-refractivity contribution is 0.0952. The Balaban J connectivity index is 2.47. The van der Waals surface area contributed by atoms with E-state index in [0.717, 1.165) is 24.1 Å². The monoisotopic (exact) mass is 234 g/mol. The lowest BCUT2D eigenvalue weighted by atomic mass is 10.0. The van der Waals surface area contributed by atoms with Crippen molar-refractivity contribution in [2.24, 2.45) is 0 Å². The van der Waals surface area contributed by atoms with Gasteiger partial charge in [0.1, 0.15) is 0 Å². The van der Waals surface area contributed by atoms with Crippen LogP contribution in [0.25, 0.3) is 0 Å². The zero-order valence-electron chi connectivity index (χ0n) is 10.9. The molecule has 0 aliphatic heterocycles. The zero-order valence-corrected chi connectivity index (χ0v) is 10.9. The van der Waals surface area contributed by atoms with Crippen molar-refractivity contribution < 1.29 is 4.79 Å². The van der Waals surface area contributed by atoms with Crippen LogP contribution in [0.2, 0.25) is 0 Å². The van der Waals surface area contributed by atoms with Crippen LogP contribution in [0.3, 0.4) is 0 Å². The first-order valence-corrected chi connectivity index (χ1v) is 6.24. The fraction of sp³-hybridized carbons (Fsp3) is 0.500. The molecule has 3 heteroatoms. The third-order valence-corrected chi connectivity index (χ3v) is 2.61. The predicted molar refractivity (Wildman–Crippen MR) is 71.3 cm³/mol. The summed E-state index contributed by atoms with van der Waals surface area (Å²) in [5.74, 6) is 0.0213. The molecule has 0 aliphatic rings. The highest BCUT2D eigenvalue weighted by molar-refractivity contribution is 5.95. The zero-order chi connectivity index (χ0) is 12.7. The molecule has 1 rings (SSSR count). The number of hydrogen-bond acceptors (Lipinski definition) is 2. The summed E-state index contributed by atoms with van der Waals surface area (Å²) in [7, 11) is 0. The fourth-order valence-corrected chi connectivity index (χ4v) is 1.68. The number of carbonyl (C=O) groups is 1. The SMILES string of the molecule is CCc1ccccc1C(=O)NCCNC(C)C. The van der Waals surface area contributed by atoms with Crippen LogP contribution in [0.4, 0.5) is 0 Å². The summed E-state index contributed by atoms with van der Waals surface area (Å²) in [6, 6.07) is 8.21. The van der Waals surface area contributed by atoms with Crippen molar-refractivity contribution in [1.82, 2.24) is 10.6 Å². The van der Waals surface area contributed by atoms with E-state index in [0.29, 0.717) is 12.6 Å². The normalized spacial score (nSPS) is 10.6. The van der Waals surface area contributed by atoms with E-state index in [9.17, 15) is 4.79 Å². The maximum Gasteiger partial charge on any atom is 0.251 e. The fourth-order valence-electron chi connectivity index (χ4n) is 1.68. The Morgan fingerprint density at radius 2 is 1.94 bits per heavy atom. The molecule has 0 saturated carbocycles. The molecular weight excluding hydrogens is 212 g/mol. The van der Waals surface area contributed by atoms with Gasteiger partial charge in [0.2, 0.25) is 0 Å². The van der Waals surface area contributed by atoms with Crippen molar-refractivity contribution in [2.45, 2.75) is 33.2 Å². The molecule has 0 aliphatic carbocycles. The van der Waals surface area contributed by atoms with Gasteiger partial charge in [-0.1, -0.05) is 39.0 Å². The third kappa shape index (κ3) is 4.57. The van der Waals surface area contributed by atoms with Gasteiger partial charge in [0.25, 0.3) is 5.91 Å². The summed E-state index contributed by atoms with van der Waals surface area (Å²) >= 11 is 0. The molecular formula is C14H22N2O.